The van der Waals surface area contributed by atoms with E-state index in [2.05, 4.69) is 25.2 Å². The number of benzene rings is 3. The molecule has 4 rings (SSSR count). The molecule has 1 heterocycles. The number of nitrogens with zero attached hydrogens (tertiary/aromatic N) is 2. The van der Waals surface area contributed by atoms with Crippen LogP contribution >= 0.6 is 0 Å². The van der Waals surface area contributed by atoms with Gasteiger partial charge in [0.25, 0.3) is 0 Å². The summed E-state index contributed by atoms with van der Waals surface area (Å²) in [6.07, 6.45) is -2.99. The largest absolute Gasteiger partial charge is 0.573 e. The molecular weight excluding hydrogens is 501 g/mol. The molecule has 0 unspecified atom stereocenters. The molecule has 0 saturated carbocycles. The van der Waals surface area contributed by atoms with Crippen LogP contribution in [0.5, 0.6) is 11.5 Å². The monoisotopic (exact) mass is 528 g/mol. The smallest absolute Gasteiger partial charge is 0.491 e. The van der Waals surface area contributed by atoms with Gasteiger partial charge in [0.15, 0.2) is 0 Å². The molecule has 0 bridgehead atoms. The van der Waals surface area contributed by atoms with Crippen molar-refractivity contribution in [3.63, 3.8) is 0 Å². The fraction of sp³-hybridized carbons (Fsp3) is 0.259. The van der Waals surface area contributed by atoms with Crippen molar-refractivity contribution >= 4 is 28.1 Å². The van der Waals surface area contributed by atoms with Crippen molar-refractivity contribution in [2.45, 2.75) is 13.3 Å². The minimum absolute atomic E-state index is 0.310. The zero-order valence-corrected chi connectivity index (χ0v) is 20.8. The molecule has 0 aliphatic heterocycles. The van der Waals surface area contributed by atoms with E-state index in [9.17, 15) is 13.2 Å². The number of H-pyrrole nitrogens is 1. The van der Waals surface area contributed by atoms with Gasteiger partial charge in [-0.05, 0) is 48.4 Å². The first-order chi connectivity index (χ1) is 18.3. The zero-order valence-electron chi connectivity index (χ0n) is 20.8. The van der Waals surface area contributed by atoms with E-state index >= 15 is 0 Å². The predicted octanol–water partition coefficient (Wildman–Crippen LogP) is 6.33. The van der Waals surface area contributed by atoms with Crippen LogP contribution in [-0.2, 0) is 9.47 Å². The highest BCUT2D eigenvalue weighted by molar-refractivity contribution is 5.97. The van der Waals surface area contributed by atoms with Crippen molar-refractivity contribution in [3.05, 3.63) is 66.9 Å². The molecule has 0 radical (unpaired) electrons. The molecule has 8 nitrogen and oxygen atoms in total. The van der Waals surface area contributed by atoms with Crippen LogP contribution in [0.3, 0.4) is 0 Å². The van der Waals surface area contributed by atoms with Crippen molar-refractivity contribution < 1.29 is 32.1 Å². The number of hydrogen-bond donors (Lipinski definition) is 2. The molecule has 0 amide bonds. The van der Waals surface area contributed by atoms with E-state index in [0.29, 0.717) is 49.4 Å². The highest BCUT2D eigenvalue weighted by atomic mass is 19.4. The number of aromatic amines is 1. The van der Waals surface area contributed by atoms with Crippen LogP contribution < -0.4 is 14.8 Å². The summed E-state index contributed by atoms with van der Waals surface area (Å²) >= 11 is 0. The summed E-state index contributed by atoms with van der Waals surface area (Å²) < 4.78 is 57.7. The average molecular weight is 529 g/mol. The van der Waals surface area contributed by atoms with E-state index in [1.807, 2.05) is 36.4 Å². The molecule has 1 aromatic heterocycles. The van der Waals surface area contributed by atoms with E-state index in [-0.39, 0.29) is 5.75 Å². The van der Waals surface area contributed by atoms with Gasteiger partial charge in [-0.2, -0.15) is 5.10 Å². The second kappa shape index (κ2) is 12.4. The molecule has 0 saturated heterocycles. The molecule has 0 atom stereocenters. The standard InChI is InChI=1S/C27H27F3N4O4/c1-18(33-21-4-3-5-22(14-21)38-27(28,29)30)32-20-8-6-19(7-9-20)24-15-23(16-26-25(24)17-31-34-26)37-13-12-36-11-10-35-2/h3-9,14-17H,10-13H2,1-2H3,(H,31,34)(H,32,33). The molecule has 38 heavy (non-hydrogen) atoms. The van der Waals surface area contributed by atoms with Crippen molar-refractivity contribution in [1.82, 2.24) is 10.2 Å². The summed E-state index contributed by atoms with van der Waals surface area (Å²) in [6.45, 7) is 3.60. The minimum Gasteiger partial charge on any atom is -0.491 e. The Morgan fingerprint density at radius 1 is 0.974 bits per heavy atom. The fourth-order valence-corrected chi connectivity index (χ4v) is 3.73. The Kier molecular flexibility index (Phi) is 8.82. The van der Waals surface area contributed by atoms with Gasteiger partial charge in [-0.25, -0.2) is 4.99 Å². The molecule has 0 aliphatic rings. The van der Waals surface area contributed by atoms with Crippen LogP contribution in [0.4, 0.5) is 24.5 Å². The predicted molar refractivity (Wildman–Crippen MR) is 139 cm³/mol. The second-order valence-corrected chi connectivity index (χ2v) is 8.20. The maximum atomic E-state index is 12.5. The normalized spacial score (nSPS) is 12.1. The van der Waals surface area contributed by atoms with Gasteiger partial charge in [-0.3, -0.25) is 5.10 Å². The molecule has 200 valence electrons. The zero-order chi connectivity index (χ0) is 27.0. The third-order valence-electron chi connectivity index (χ3n) is 5.33. The summed E-state index contributed by atoms with van der Waals surface area (Å²) in [5.74, 6) is 0.878. The number of aromatic nitrogens is 2. The number of hydrogen-bond acceptors (Lipinski definition) is 6. The van der Waals surface area contributed by atoms with Crippen LogP contribution in [0.25, 0.3) is 22.0 Å². The van der Waals surface area contributed by atoms with Gasteiger partial charge in [-0.1, -0.05) is 18.2 Å². The molecule has 11 heteroatoms. The molecule has 0 spiro atoms. The van der Waals surface area contributed by atoms with Crippen molar-refractivity contribution in [2.75, 3.05) is 38.9 Å². The Labute approximate surface area is 217 Å². The van der Waals surface area contributed by atoms with E-state index in [0.717, 1.165) is 22.0 Å². The Balaban J connectivity index is 1.45. The van der Waals surface area contributed by atoms with E-state index in [4.69, 9.17) is 14.2 Å². The summed E-state index contributed by atoms with van der Waals surface area (Å²) in [7, 11) is 1.62. The number of amidine groups is 1. The molecule has 3 aromatic carbocycles. The highest BCUT2D eigenvalue weighted by Crippen LogP contribution is 2.33. The highest BCUT2D eigenvalue weighted by Gasteiger charge is 2.31. The van der Waals surface area contributed by atoms with Crippen LogP contribution in [0, 0.1) is 0 Å². The van der Waals surface area contributed by atoms with Crippen molar-refractivity contribution in [3.8, 4) is 22.6 Å². The number of anilines is 1. The van der Waals surface area contributed by atoms with Crippen LogP contribution in [0.1, 0.15) is 6.92 Å². The third kappa shape index (κ3) is 7.70. The molecule has 4 aromatic rings. The number of ether oxygens (including phenoxy) is 4. The van der Waals surface area contributed by atoms with Crippen molar-refractivity contribution in [1.29, 1.82) is 0 Å². The number of methoxy groups -OCH3 is 1. The Hall–Kier alpha value is -4.09. The van der Waals surface area contributed by atoms with Gasteiger partial charge in [-0.15, -0.1) is 13.2 Å². The molecule has 0 fully saturated rings. The first-order valence-electron chi connectivity index (χ1n) is 11.8. The quantitative estimate of drug-likeness (QED) is 0.134. The van der Waals surface area contributed by atoms with Gasteiger partial charge in [0, 0.05) is 30.3 Å². The number of nitrogens with one attached hydrogen (secondary N) is 2. The summed E-state index contributed by atoms with van der Waals surface area (Å²) in [6, 6.07) is 17.0. The Morgan fingerprint density at radius 2 is 1.76 bits per heavy atom. The molecule has 0 aliphatic carbocycles. The number of aliphatic imine (C=N–C) groups is 1. The first kappa shape index (κ1) is 27.0. The number of rotatable bonds is 11. The maximum Gasteiger partial charge on any atom is 0.573 e. The number of alkyl halides is 3. The van der Waals surface area contributed by atoms with Gasteiger partial charge in [0.05, 0.1) is 37.2 Å². The lowest BCUT2D eigenvalue weighted by molar-refractivity contribution is -0.274. The molecular formula is C27H27F3N4O4. The van der Waals surface area contributed by atoms with Crippen molar-refractivity contribution in [2.24, 2.45) is 4.99 Å². The second-order valence-electron chi connectivity index (χ2n) is 8.20. The van der Waals surface area contributed by atoms with Gasteiger partial charge in [0.2, 0.25) is 0 Å². The van der Waals surface area contributed by atoms with Gasteiger partial charge >= 0.3 is 6.36 Å². The molecule has 2 N–H and O–H groups in total. The van der Waals surface area contributed by atoms with Crippen LogP contribution in [0.15, 0.2) is 71.9 Å². The van der Waals surface area contributed by atoms with Gasteiger partial charge in [0.1, 0.15) is 23.9 Å². The van der Waals surface area contributed by atoms with Crippen LogP contribution in [-0.4, -0.2) is 55.9 Å². The minimum atomic E-state index is -4.75. The average Bonchev–Trinajstić information content (AvgIpc) is 3.34. The Morgan fingerprint density at radius 3 is 2.53 bits per heavy atom. The summed E-state index contributed by atoms with van der Waals surface area (Å²) in [4.78, 5) is 4.51. The van der Waals surface area contributed by atoms with Gasteiger partial charge < -0.3 is 24.3 Å². The summed E-state index contributed by atoms with van der Waals surface area (Å²) in [5.41, 5.74) is 3.83. The lowest BCUT2D eigenvalue weighted by Crippen LogP contribution is -2.17. The Bertz CT molecular complexity index is 1370. The van der Waals surface area contributed by atoms with Crippen LogP contribution in [0.2, 0.25) is 0 Å². The topological polar surface area (TPSA) is 90.0 Å². The summed E-state index contributed by atoms with van der Waals surface area (Å²) in [5, 5.41) is 11.1. The maximum absolute atomic E-state index is 12.5. The number of fused-ring (bicyclic) bond motifs is 1. The fourth-order valence-electron chi connectivity index (χ4n) is 3.73. The van der Waals surface area contributed by atoms with E-state index in [1.54, 1.807) is 26.3 Å². The first-order valence-corrected chi connectivity index (χ1v) is 11.8. The lowest BCUT2D eigenvalue weighted by Gasteiger charge is -2.11. The van der Waals surface area contributed by atoms with E-state index in [1.165, 1.54) is 18.2 Å². The lowest BCUT2D eigenvalue weighted by atomic mass is 10.0. The SMILES string of the molecule is COCCOCCOc1cc(-c2ccc(N=C(C)Nc3cccc(OC(F)(F)F)c3)cc2)c2cn[nH]c2c1. The number of halogens is 3. The third-order valence-corrected chi connectivity index (χ3v) is 5.33. The van der Waals surface area contributed by atoms with E-state index < -0.39 is 6.36 Å².